The van der Waals surface area contributed by atoms with Crippen molar-refractivity contribution < 1.29 is 35.8 Å². The number of esters is 2. The largest absolute Gasteiger partial charge is 2.00 e. The monoisotopic (exact) mass is 599 g/mol. The van der Waals surface area contributed by atoms with Gasteiger partial charge in [-0.1, -0.05) is 0 Å². The van der Waals surface area contributed by atoms with Crippen molar-refractivity contribution in [2.75, 3.05) is 14.2 Å². The average Bonchev–Trinajstić information content (AvgIpc) is 3.62. The van der Waals surface area contributed by atoms with E-state index in [4.69, 9.17) is 29.4 Å². The Morgan fingerprint density at radius 2 is 1.05 bits per heavy atom. The Kier molecular flexibility index (Phi) is 8.78. The standard InChI is InChI=1S/C28H28N8O4.Co/c1-13-11-20-30-23(13)29-19-12-14(2)24(31-19)33-26-16(4)18(8-10-22(38)40-6)28(35-26)36-27-17(7-9-21(37)39-5)15(3)25(32-20)34-27;/h11-12H,7-10H2,1-6H3;/q-2;+2. The number of aromatic nitrogens is 8. The number of hydrogen-bond acceptors (Lipinski definition) is 10. The summed E-state index contributed by atoms with van der Waals surface area (Å²) in [7, 11) is 2.70. The molecule has 41 heavy (non-hydrogen) atoms. The van der Waals surface area contributed by atoms with Crippen molar-refractivity contribution in [3.8, 4) is 0 Å². The van der Waals surface area contributed by atoms with Gasteiger partial charge in [0.05, 0.1) is 25.9 Å². The summed E-state index contributed by atoms with van der Waals surface area (Å²) in [6.45, 7) is 7.57. The summed E-state index contributed by atoms with van der Waals surface area (Å²) in [4.78, 5) is 61.5. The van der Waals surface area contributed by atoms with Gasteiger partial charge in [0, 0.05) is 35.4 Å². The Labute approximate surface area is 246 Å². The maximum atomic E-state index is 12.0. The van der Waals surface area contributed by atoms with Gasteiger partial charge in [0.1, 0.15) is 0 Å². The molecule has 0 amide bonds. The van der Waals surface area contributed by atoms with Crippen LogP contribution in [0.3, 0.4) is 0 Å². The van der Waals surface area contributed by atoms with Gasteiger partial charge >= 0.3 is 28.7 Å². The molecule has 0 fully saturated rings. The van der Waals surface area contributed by atoms with Crippen LogP contribution in [0.1, 0.15) is 72.2 Å². The van der Waals surface area contributed by atoms with Crippen LogP contribution < -0.4 is 9.97 Å². The van der Waals surface area contributed by atoms with Crippen LogP contribution in [-0.4, -0.2) is 56.1 Å². The Morgan fingerprint density at radius 1 is 0.634 bits per heavy atom. The molecular formula is C28H28CoN8O4. The van der Waals surface area contributed by atoms with Crippen molar-refractivity contribution in [3.05, 3.63) is 45.6 Å². The predicted molar refractivity (Wildman–Crippen MR) is 147 cm³/mol. The fourth-order valence-corrected chi connectivity index (χ4v) is 4.50. The molecule has 3 aromatic rings. The quantitative estimate of drug-likeness (QED) is 0.382. The molecule has 0 N–H and O–H groups in total. The van der Waals surface area contributed by atoms with Gasteiger partial charge in [0.15, 0.2) is 11.6 Å². The summed E-state index contributed by atoms with van der Waals surface area (Å²) >= 11 is 0. The van der Waals surface area contributed by atoms with E-state index in [0.29, 0.717) is 58.7 Å². The maximum absolute atomic E-state index is 12.0. The Bertz CT molecular complexity index is 1770. The molecule has 1 radical (unpaired) electrons. The molecule has 0 saturated heterocycles. The number of nitrogens with zero attached hydrogens (tertiary/aromatic N) is 8. The summed E-state index contributed by atoms with van der Waals surface area (Å²) in [5.74, 6) is 1.22. The first-order valence-corrected chi connectivity index (χ1v) is 12.8. The number of ether oxygens (including phenoxy) is 2. The third-order valence-electron chi connectivity index (χ3n) is 6.86. The van der Waals surface area contributed by atoms with E-state index in [1.807, 2.05) is 39.8 Å². The first kappa shape index (κ1) is 29.7. The fourth-order valence-electron chi connectivity index (χ4n) is 4.50. The van der Waals surface area contributed by atoms with Gasteiger partial charge in [-0.2, -0.15) is 0 Å². The molecule has 2 aliphatic heterocycles. The van der Waals surface area contributed by atoms with Crippen LogP contribution in [0, 0.1) is 13.8 Å². The molecule has 0 spiro atoms. The van der Waals surface area contributed by atoms with Crippen molar-refractivity contribution in [1.82, 2.24) is 39.9 Å². The summed E-state index contributed by atoms with van der Waals surface area (Å²) in [5.41, 5.74) is 6.35. The molecule has 0 saturated carbocycles. The van der Waals surface area contributed by atoms with Gasteiger partial charge in [-0.25, -0.2) is 15.0 Å². The fraction of sp³-hybridized carbons (Fsp3) is 0.357. The van der Waals surface area contributed by atoms with Crippen LogP contribution >= 0.6 is 0 Å². The Hall–Kier alpha value is -4.23. The van der Waals surface area contributed by atoms with E-state index in [-0.39, 0.29) is 41.6 Å². The SMILES string of the molecule is COC(=O)CCc1c(C)c2nc3nc(nc4nc(nc5[n-]c(nc1[n-]2)c(CCC(=O)OC)c5C)C(C)=C4)C(C)=C3.[Co+2]. The number of carbonyl (C=O) groups is 2. The summed E-state index contributed by atoms with van der Waals surface area (Å²) < 4.78 is 9.70. The van der Waals surface area contributed by atoms with Gasteiger partial charge in [-0.05, 0) is 86.1 Å². The molecule has 0 aromatic carbocycles. The Morgan fingerprint density at radius 3 is 1.51 bits per heavy atom. The maximum Gasteiger partial charge on any atom is 2.00 e. The first-order valence-electron chi connectivity index (χ1n) is 12.8. The number of allylic oxidation sites excluding steroid dienone is 2. The van der Waals surface area contributed by atoms with Gasteiger partial charge in [0.25, 0.3) is 0 Å². The minimum atomic E-state index is -0.345. The number of carbonyl (C=O) groups excluding carboxylic acids is 2. The van der Waals surface area contributed by atoms with E-state index in [9.17, 15) is 9.59 Å². The number of rotatable bonds is 6. The van der Waals surface area contributed by atoms with Gasteiger partial charge in [-0.3, -0.25) is 9.59 Å². The van der Waals surface area contributed by atoms with Gasteiger partial charge in [-0.15, -0.1) is 0 Å². The first-order chi connectivity index (χ1) is 19.2. The van der Waals surface area contributed by atoms with E-state index < -0.39 is 0 Å². The summed E-state index contributed by atoms with van der Waals surface area (Å²) in [6.07, 6.45) is 4.66. The molecular weight excluding hydrogens is 571 g/mol. The summed E-state index contributed by atoms with van der Waals surface area (Å²) in [6, 6.07) is 0. The van der Waals surface area contributed by atoms with Crippen molar-refractivity contribution in [2.45, 2.75) is 53.4 Å². The van der Waals surface area contributed by atoms with E-state index >= 15 is 0 Å². The molecule has 5 heterocycles. The third-order valence-corrected chi connectivity index (χ3v) is 6.86. The van der Waals surface area contributed by atoms with E-state index in [0.717, 1.165) is 33.4 Å². The van der Waals surface area contributed by atoms with Crippen molar-refractivity contribution in [1.29, 1.82) is 0 Å². The molecule has 0 aliphatic carbocycles. The van der Waals surface area contributed by atoms with Crippen LogP contribution in [0.2, 0.25) is 0 Å². The molecule has 8 bridgehead atoms. The van der Waals surface area contributed by atoms with Gasteiger partial charge in [0.2, 0.25) is 0 Å². The van der Waals surface area contributed by atoms with Crippen molar-refractivity contribution in [3.63, 3.8) is 0 Å². The molecule has 0 unspecified atom stereocenters. The molecule has 0 atom stereocenters. The summed E-state index contributed by atoms with van der Waals surface area (Å²) in [5, 5.41) is 0. The zero-order valence-corrected chi connectivity index (χ0v) is 24.6. The predicted octanol–water partition coefficient (Wildman–Crippen LogP) is 3.10. The second-order valence-electron chi connectivity index (χ2n) is 9.57. The van der Waals surface area contributed by atoms with E-state index in [1.54, 1.807) is 0 Å². The van der Waals surface area contributed by atoms with Crippen LogP contribution in [0.4, 0.5) is 0 Å². The number of fused-ring (bicyclic) bond motifs is 8. The second-order valence-corrected chi connectivity index (χ2v) is 9.57. The minimum Gasteiger partial charge on any atom is -0.469 e. The number of aryl methyl sites for hydroxylation is 4. The van der Waals surface area contributed by atoms with E-state index in [2.05, 4.69) is 19.9 Å². The number of hydrogen-bond donors (Lipinski definition) is 0. The molecule has 12 nitrogen and oxygen atoms in total. The van der Waals surface area contributed by atoms with Crippen molar-refractivity contribution in [2.24, 2.45) is 0 Å². The van der Waals surface area contributed by atoms with Crippen LogP contribution in [0.25, 0.3) is 45.9 Å². The zero-order chi connectivity index (χ0) is 28.6. The second kappa shape index (κ2) is 12.1. The Balaban J connectivity index is 0.00000387. The molecule has 13 heteroatoms. The topological polar surface area (TPSA) is 158 Å². The number of methoxy groups -OCH3 is 2. The average molecular weight is 600 g/mol. The van der Waals surface area contributed by atoms with Crippen molar-refractivity contribution >= 4 is 57.8 Å². The molecule has 5 rings (SSSR count). The van der Waals surface area contributed by atoms with Crippen LogP contribution in [0.5, 0.6) is 0 Å². The molecule has 3 aromatic heterocycles. The smallest absolute Gasteiger partial charge is 0.469 e. The van der Waals surface area contributed by atoms with Crippen LogP contribution in [0.15, 0.2) is 0 Å². The van der Waals surface area contributed by atoms with E-state index in [1.165, 1.54) is 14.2 Å². The molecule has 2 aliphatic rings. The third kappa shape index (κ3) is 6.10. The van der Waals surface area contributed by atoms with Gasteiger partial charge < -0.3 is 34.4 Å². The normalized spacial score (nSPS) is 12.3. The zero-order valence-electron chi connectivity index (χ0n) is 23.5. The molecule has 213 valence electrons. The van der Waals surface area contributed by atoms with Crippen LogP contribution in [-0.2, 0) is 48.7 Å². The minimum absolute atomic E-state index is 0.